The van der Waals surface area contributed by atoms with Crippen LogP contribution in [0.15, 0.2) is 107 Å². The summed E-state index contributed by atoms with van der Waals surface area (Å²) in [6.07, 6.45) is 7.76. The summed E-state index contributed by atoms with van der Waals surface area (Å²) in [4.78, 5) is 9.16. The van der Waals surface area contributed by atoms with Gasteiger partial charge in [0, 0.05) is 12.4 Å². The Kier molecular flexibility index (Phi) is 9.81. The van der Waals surface area contributed by atoms with Crippen molar-refractivity contribution in [1.82, 2.24) is 0 Å². The molecule has 0 spiro atoms. The monoisotopic (exact) mass is 508 g/mol. The summed E-state index contributed by atoms with van der Waals surface area (Å²) in [5, 5.41) is 4.03. The molecule has 0 saturated heterocycles. The normalized spacial score (nSPS) is 14.7. The van der Waals surface area contributed by atoms with Crippen molar-refractivity contribution < 1.29 is 14.7 Å². The molecule has 0 saturated carbocycles. The van der Waals surface area contributed by atoms with Crippen LogP contribution in [0, 0.1) is 0 Å². The number of halogens is 3. The van der Waals surface area contributed by atoms with E-state index < -0.39 is 22.6 Å². The van der Waals surface area contributed by atoms with E-state index in [-0.39, 0.29) is 6.04 Å². The molecule has 1 heterocycles. The van der Waals surface area contributed by atoms with Crippen LogP contribution in [0.2, 0.25) is 0 Å². The van der Waals surface area contributed by atoms with Crippen LogP contribution in [-0.4, -0.2) is 18.5 Å². The van der Waals surface area contributed by atoms with Crippen molar-refractivity contribution >= 4 is 69.9 Å². The molecule has 3 aromatic carbocycles. The second-order valence-corrected chi connectivity index (χ2v) is 16.5. The molecule has 0 amide bonds. The predicted molar refractivity (Wildman–Crippen MR) is 134 cm³/mol. The Hall–Kier alpha value is -1.25. The quantitative estimate of drug-likeness (QED) is 0.231. The van der Waals surface area contributed by atoms with Gasteiger partial charge in [-0.15, -0.1) is 0 Å². The fourth-order valence-electron chi connectivity index (χ4n) is 3.09. The topological polar surface area (TPSA) is 24.7 Å². The van der Waals surface area contributed by atoms with Crippen LogP contribution in [0.25, 0.3) is 0 Å². The zero-order chi connectivity index (χ0) is 21.2. The SMILES string of the molecule is C1=CC(C=Nc2ccccc2[PH+](c2ccccc2)c2ccccc2)N=C1.[Cl][Ti]([Cl])[Cl]. The second-order valence-electron chi connectivity index (χ2n) is 6.29. The molecule has 1 aliphatic heterocycles. The van der Waals surface area contributed by atoms with E-state index in [1.54, 1.807) is 0 Å². The number of allylic oxidation sites excluding steroid dienone is 1. The summed E-state index contributed by atoms with van der Waals surface area (Å²) >= 11 is -1.92. The van der Waals surface area contributed by atoms with Gasteiger partial charge in [-0.2, -0.15) is 0 Å². The van der Waals surface area contributed by atoms with Gasteiger partial charge in [0.15, 0.2) is 0 Å². The third-order valence-corrected chi connectivity index (χ3v) is 7.10. The molecule has 0 radical (unpaired) electrons. The van der Waals surface area contributed by atoms with E-state index in [9.17, 15) is 0 Å². The van der Waals surface area contributed by atoms with E-state index in [4.69, 9.17) is 32.9 Å². The van der Waals surface area contributed by atoms with Crippen LogP contribution < -0.4 is 15.9 Å². The Labute approximate surface area is 196 Å². The molecule has 0 fully saturated rings. The van der Waals surface area contributed by atoms with E-state index in [1.165, 1.54) is 15.9 Å². The van der Waals surface area contributed by atoms with E-state index in [1.807, 2.05) is 24.6 Å². The van der Waals surface area contributed by atoms with Gasteiger partial charge in [0.2, 0.25) is 0 Å². The van der Waals surface area contributed by atoms with Crippen molar-refractivity contribution in [3.05, 3.63) is 97.1 Å². The molecule has 151 valence electrons. The summed E-state index contributed by atoms with van der Waals surface area (Å²) in [6.45, 7) is 0. The van der Waals surface area contributed by atoms with Crippen molar-refractivity contribution in [3.63, 3.8) is 0 Å². The molecule has 4 rings (SSSR count). The minimum absolute atomic E-state index is 0.0483. The van der Waals surface area contributed by atoms with Crippen LogP contribution in [-0.2, 0) is 14.7 Å². The number of nitrogens with zero attached hydrogens (tertiary/aromatic N) is 2. The number of benzene rings is 3. The van der Waals surface area contributed by atoms with Gasteiger partial charge in [-0.05, 0) is 42.5 Å². The first-order valence-electron chi connectivity index (χ1n) is 9.30. The fourth-order valence-corrected chi connectivity index (χ4v) is 5.77. The van der Waals surface area contributed by atoms with Gasteiger partial charge in [-0.25, -0.2) is 0 Å². The van der Waals surface area contributed by atoms with Crippen molar-refractivity contribution in [2.45, 2.75) is 6.04 Å². The van der Waals surface area contributed by atoms with E-state index in [2.05, 4.69) is 89.9 Å². The van der Waals surface area contributed by atoms with Gasteiger partial charge in [-0.3, -0.25) is 9.98 Å². The van der Waals surface area contributed by atoms with Gasteiger partial charge in [-0.1, -0.05) is 54.6 Å². The van der Waals surface area contributed by atoms with Crippen molar-refractivity contribution in [2.75, 3.05) is 0 Å². The standard InChI is InChI=1S/C23H19N2P.3ClH.Ti/c1-3-11-20(12-4-1)26(21-13-5-2-6-14-21)23-16-8-7-15-22(23)25-18-19-10-9-17-24-19;;;;/h1-19H;3*1H;/q;;;;+3/p-2. The maximum atomic E-state index is 4.97. The van der Waals surface area contributed by atoms with Crippen LogP contribution in [0.1, 0.15) is 0 Å². The van der Waals surface area contributed by atoms with Crippen LogP contribution in [0.3, 0.4) is 0 Å². The number of para-hydroxylation sites is 1. The molecule has 1 aliphatic rings. The first-order chi connectivity index (χ1) is 14.6. The molecule has 7 heteroatoms. The average Bonchev–Trinajstić information content (AvgIpc) is 3.28. The molecule has 1 atom stereocenters. The Balaban J connectivity index is 0.000000589. The number of aliphatic imine (C=N–C) groups is 2. The Bertz CT molecular complexity index is 957. The van der Waals surface area contributed by atoms with Crippen molar-refractivity contribution in [3.8, 4) is 0 Å². The zero-order valence-electron chi connectivity index (χ0n) is 16.0. The Morgan fingerprint density at radius 2 is 1.33 bits per heavy atom. The van der Waals surface area contributed by atoms with Crippen molar-refractivity contribution in [1.29, 1.82) is 0 Å². The number of rotatable bonds is 5. The van der Waals surface area contributed by atoms with Crippen LogP contribution in [0.4, 0.5) is 5.69 Å². The third kappa shape index (κ3) is 7.17. The molecule has 0 aliphatic carbocycles. The van der Waals surface area contributed by atoms with Gasteiger partial charge in [0.1, 0.15) is 35.6 Å². The van der Waals surface area contributed by atoms with Crippen molar-refractivity contribution in [2.24, 2.45) is 9.98 Å². The summed E-state index contributed by atoms with van der Waals surface area (Å²) in [5.41, 5.74) is 1.03. The van der Waals surface area contributed by atoms with Gasteiger partial charge >= 0.3 is 42.6 Å². The fraction of sp³-hybridized carbons (Fsp3) is 0.0435. The van der Waals surface area contributed by atoms with Gasteiger partial charge in [0.05, 0.1) is 0 Å². The average molecular weight is 510 g/mol. The molecule has 1 unspecified atom stereocenters. The van der Waals surface area contributed by atoms with E-state index in [0.717, 1.165) is 5.69 Å². The Morgan fingerprint density at radius 3 is 1.87 bits per heavy atom. The molecule has 0 aromatic heterocycles. The van der Waals surface area contributed by atoms with E-state index >= 15 is 0 Å². The first-order valence-corrected chi connectivity index (χ1v) is 17.2. The van der Waals surface area contributed by atoms with E-state index in [0.29, 0.717) is 0 Å². The molecule has 0 bridgehead atoms. The predicted octanol–water partition coefficient (Wildman–Crippen LogP) is 5.95. The maximum absolute atomic E-state index is 4.97. The summed E-state index contributed by atoms with van der Waals surface area (Å²) in [7, 11) is 13.8. The molecular weight excluding hydrogens is 489 g/mol. The summed E-state index contributed by atoms with van der Waals surface area (Å²) in [5.74, 6) is 0. The van der Waals surface area contributed by atoms with Gasteiger partial charge < -0.3 is 0 Å². The molecule has 2 nitrogen and oxygen atoms in total. The molecule has 3 aromatic rings. The first kappa shape index (κ1) is 23.4. The summed E-state index contributed by atoms with van der Waals surface area (Å²) < 4.78 is 0. The second kappa shape index (κ2) is 12.6. The zero-order valence-corrected chi connectivity index (χ0v) is 20.8. The van der Waals surface area contributed by atoms with Crippen LogP contribution >= 0.6 is 35.8 Å². The third-order valence-electron chi connectivity index (χ3n) is 4.32. The number of hydrogen-bond donors (Lipinski definition) is 0. The summed E-state index contributed by atoms with van der Waals surface area (Å²) in [6, 6.07) is 30.1. The Morgan fingerprint density at radius 1 is 0.800 bits per heavy atom. The van der Waals surface area contributed by atoms with Gasteiger partial charge in [0.25, 0.3) is 0 Å². The molecule has 0 N–H and O–H groups in total. The molecular formula is C23H20Cl3N2PTi+. The minimum atomic E-state index is -1.92. The van der Waals surface area contributed by atoms with Crippen LogP contribution in [0.5, 0.6) is 0 Å². The number of hydrogen-bond acceptors (Lipinski definition) is 2. The molecule has 30 heavy (non-hydrogen) atoms.